The van der Waals surface area contributed by atoms with Crippen molar-refractivity contribution in [1.82, 2.24) is 0 Å². The lowest BCUT2D eigenvalue weighted by Gasteiger charge is -2.04. The zero-order valence-corrected chi connectivity index (χ0v) is 13.6. The number of ether oxygens (including phenoxy) is 2. The summed E-state index contributed by atoms with van der Waals surface area (Å²) in [5, 5.41) is 0. The summed E-state index contributed by atoms with van der Waals surface area (Å²) in [6, 6.07) is 18.9. The van der Waals surface area contributed by atoms with Crippen molar-refractivity contribution < 1.29 is 23.5 Å². The predicted molar refractivity (Wildman–Crippen MR) is 90.9 cm³/mol. The molecular weight excluding hydrogens is 320 g/mol. The van der Waals surface area contributed by atoms with E-state index in [2.05, 4.69) is 0 Å². The van der Waals surface area contributed by atoms with E-state index in [0.29, 0.717) is 22.8 Å². The molecule has 0 aliphatic heterocycles. The van der Waals surface area contributed by atoms with Crippen molar-refractivity contribution in [2.75, 3.05) is 0 Å². The molecule has 1 heterocycles. The zero-order chi connectivity index (χ0) is 17.6. The van der Waals surface area contributed by atoms with Gasteiger partial charge in [0.25, 0.3) is 0 Å². The maximum Gasteiger partial charge on any atom is 0.379 e. The lowest BCUT2D eigenvalue weighted by atomic mass is 10.1. The lowest BCUT2D eigenvalue weighted by molar-refractivity contribution is 0.0697. The van der Waals surface area contributed by atoms with Gasteiger partial charge in [-0.25, -0.2) is 4.79 Å². The van der Waals surface area contributed by atoms with Gasteiger partial charge in [-0.2, -0.15) is 0 Å². The predicted octanol–water partition coefficient (Wildman–Crippen LogP) is 4.28. The molecule has 126 valence electrons. The first-order chi connectivity index (χ1) is 12.1. The summed E-state index contributed by atoms with van der Waals surface area (Å²) < 4.78 is 16.2. The number of hydrogen-bond donors (Lipinski definition) is 0. The zero-order valence-electron chi connectivity index (χ0n) is 13.6. The lowest BCUT2D eigenvalue weighted by Crippen LogP contribution is -2.07. The van der Waals surface area contributed by atoms with Crippen LogP contribution in [-0.4, -0.2) is 11.8 Å². The maximum atomic E-state index is 12.1. The van der Waals surface area contributed by atoms with Crippen LogP contribution in [0.2, 0.25) is 0 Å². The Bertz CT molecular complexity index is 863. The highest BCUT2D eigenvalue weighted by Crippen LogP contribution is 2.17. The van der Waals surface area contributed by atoms with Gasteiger partial charge < -0.3 is 13.9 Å². The Hall–Kier alpha value is -3.34. The average Bonchev–Trinajstić information content (AvgIpc) is 3.10. The number of esters is 1. The van der Waals surface area contributed by atoms with Gasteiger partial charge in [0.15, 0.2) is 5.78 Å². The summed E-state index contributed by atoms with van der Waals surface area (Å²) in [5.41, 5.74) is 0.554. The summed E-state index contributed by atoms with van der Waals surface area (Å²) in [6.07, 6.45) is 0. The van der Waals surface area contributed by atoms with Crippen LogP contribution in [0.1, 0.15) is 33.6 Å². The van der Waals surface area contributed by atoms with Crippen molar-refractivity contribution in [3.05, 3.63) is 83.8 Å². The van der Waals surface area contributed by atoms with Crippen LogP contribution in [-0.2, 0) is 6.61 Å². The number of benzene rings is 2. The molecule has 0 N–H and O–H groups in total. The van der Waals surface area contributed by atoms with Crippen LogP contribution in [0.25, 0.3) is 0 Å². The van der Waals surface area contributed by atoms with Gasteiger partial charge in [-0.3, -0.25) is 4.79 Å². The smallest absolute Gasteiger partial charge is 0.379 e. The second-order valence-electron chi connectivity index (χ2n) is 5.34. The van der Waals surface area contributed by atoms with Gasteiger partial charge >= 0.3 is 5.97 Å². The van der Waals surface area contributed by atoms with Crippen LogP contribution >= 0.6 is 0 Å². The normalized spacial score (nSPS) is 10.3. The van der Waals surface area contributed by atoms with Crippen LogP contribution in [0.4, 0.5) is 0 Å². The second-order valence-corrected chi connectivity index (χ2v) is 5.34. The van der Waals surface area contributed by atoms with Crippen molar-refractivity contribution in [3.8, 4) is 11.5 Å². The number of rotatable bonds is 6. The van der Waals surface area contributed by atoms with Crippen LogP contribution in [0.15, 0.2) is 71.1 Å². The fraction of sp³-hybridized carbons (Fsp3) is 0.100. The molecule has 0 unspecified atom stereocenters. The quantitative estimate of drug-likeness (QED) is 0.382. The fourth-order valence-corrected chi connectivity index (χ4v) is 2.15. The minimum Gasteiger partial charge on any atom is -0.486 e. The highest BCUT2D eigenvalue weighted by atomic mass is 16.5. The molecule has 1 aromatic heterocycles. The number of hydrogen-bond acceptors (Lipinski definition) is 5. The van der Waals surface area contributed by atoms with E-state index in [9.17, 15) is 9.59 Å². The van der Waals surface area contributed by atoms with Crippen LogP contribution in [0.5, 0.6) is 11.5 Å². The Morgan fingerprint density at radius 3 is 2.28 bits per heavy atom. The molecule has 25 heavy (non-hydrogen) atoms. The van der Waals surface area contributed by atoms with Gasteiger partial charge in [0.2, 0.25) is 5.76 Å². The molecule has 0 saturated heterocycles. The molecule has 2 aromatic carbocycles. The Kier molecular flexibility index (Phi) is 4.95. The number of carbonyl (C=O) groups excluding carboxylic acids is 2. The Morgan fingerprint density at radius 2 is 1.60 bits per heavy atom. The van der Waals surface area contributed by atoms with E-state index >= 15 is 0 Å². The molecule has 0 radical (unpaired) electrons. The largest absolute Gasteiger partial charge is 0.486 e. The molecule has 0 aliphatic carbocycles. The van der Waals surface area contributed by atoms with Crippen LogP contribution < -0.4 is 9.47 Å². The molecule has 0 bridgehead atoms. The molecule has 3 rings (SSSR count). The first-order valence-corrected chi connectivity index (χ1v) is 7.71. The molecule has 0 fully saturated rings. The third-order valence-corrected chi connectivity index (χ3v) is 3.46. The van der Waals surface area contributed by atoms with Crippen LogP contribution in [0.3, 0.4) is 0 Å². The van der Waals surface area contributed by atoms with E-state index in [1.54, 1.807) is 30.3 Å². The van der Waals surface area contributed by atoms with E-state index in [1.807, 2.05) is 30.3 Å². The van der Waals surface area contributed by atoms with Gasteiger partial charge in [0, 0.05) is 5.56 Å². The molecule has 0 atom stereocenters. The summed E-state index contributed by atoms with van der Waals surface area (Å²) in [4.78, 5) is 23.3. The summed E-state index contributed by atoms with van der Waals surface area (Å²) >= 11 is 0. The standard InChI is InChI=1S/C20H16O5/c1-14(21)15-7-9-17(10-8-15)25-20(22)19-12-11-18(24-19)13-23-16-5-3-2-4-6-16/h2-12H,13H2,1H3. The van der Waals surface area contributed by atoms with Crippen molar-refractivity contribution in [2.24, 2.45) is 0 Å². The highest BCUT2D eigenvalue weighted by Gasteiger charge is 2.14. The number of Topliss-reactive ketones (excluding diaryl/α,β-unsaturated/α-hetero) is 1. The van der Waals surface area contributed by atoms with Crippen molar-refractivity contribution in [3.63, 3.8) is 0 Å². The first-order valence-electron chi connectivity index (χ1n) is 7.71. The average molecular weight is 336 g/mol. The first kappa shape index (κ1) is 16.5. The van der Waals surface area contributed by atoms with E-state index < -0.39 is 5.97 Å². The molecule has 5 heteroatoms. The van der Waals surface area contributed by atoms with Gasteiger partial charge in [-0.1, -0.05) is 18.2 Å². The molecule has 0 saturated carbocycles. The minimum atomic E-state index is -0.610. The summed E-state index contributed by atoms with van der Waals surface area (Å²) in [5.74, 6) is 1.00. The molecule has 5 nitrogen and oxygen atoms in total. The monoisotopic (exact) mass is 336 g/mol. The van der Waals surface area contributed by atoms with Gasteiger partial charge in [-0.05, 0) is 55.5 Å². The topological polar surface area (TPSA) is 65.7 Å². The minimum absolute atomic E-state index is 0.0491. The van der Waals surface area contributed by atoms with Gasteiger partial charge in [0.1, 0.15) is 23.9 Å². The van der Waals surface area contributed by atoms with E-state index in [4.69, 9.17) is 13.9 Å². The van der Waals surface area contributed by atoms with Gasteiger partial charge in [-0.15, -0.1) is 0 Å². The third-order valence-electron chi connectivity index (χ3n) is 3.46. The number of carbonyl (C=O) groups is 2. The number of para-hydroxylation sites is 1. The summed E-state index contributed by atoms with van der Waals surface area (Å²) in [7, 11) is 0. The Morgan fingerprint density at radius 1 is 0.880 bits per heavy atom. The number of furan rings is 1. The Labute approximate surface area is 144 Å². The van der Waals surface area contributed by atoms with Crippen molar-refractivity contribution in [1.29, 1.82) is 0 Å². The summed E-state index contributed by atoms with van der Waals surface area (Å²) in [6.45, 7) is 1.69. The fourth-order valence-electron chi connectivity index (χ4n) is 2.15. The van der Waals surface area contributed by atoms with E-state index in [0.717, 1.165) is 0 Å². The molecule has 3 aromatic rings. The van der Waals surface area contributed by atoms with Crippen LogP contribution in [0, 0.1) is 0 Å². The van der Waals surface area contributed by atoms with Gasteiger partial charge in [0.05, 0.1) is 0 Å². The molecule has 0 aliphatic rings. The number of ketones is 1. The molecular formula is C20H16O5. The van der Waals surface area contributed by atoms with Crippen molar-refractivity contribution in [2.45, 2.75) is 13.5 Å². The maximum absolute atomic E-state index is 12.1. The highest BCUT2D eigenvalue weighted by molar-refractivity contribution is 5.94. The molecule has 0 amide bonds. The van der Waals surface area contributed by atoms with Crippen molar-refractivity contribution >= 4 is 11.8 Å². The Balaban J connectivity index is 1.59. The second kappa shape index (κ2) is 7.49. The van der Waals surface area contributed by atoms with E-state index in [-0.39, 0.29) is 18.2 Å². The van der Waals surface area contributed by atoms with E-state index in [1.165, 1.54) is 13.0 Å². The SMILES string of the molecule is CC(=O)c1ccc(OC(=O)c2ccc(COc3ccccc3)o2)cc1. The third kappa shape index (κ3) is 4.35. The molecule has 0 spiro atoms.